The van der Waals surface area contributed by atoms with Gasteiger partial charge in [-0.2, -0.15) is 0 Å². The lowest BCUT2D eigenvalue weighted by Crippen LogP contribution is -2.43. The molecule has 166 valence electrons. The van der Waals surface area contributed by atoms with Gasteiger partial charge in [0.05, 0.1) is 17.2 Å². The van der Waals surface area contributed by atoms with Crippen molar-refractivity contribution in [3.8, 4) is 5.75 Å². The van der Waals surface area contributed by atoms with Crippen molar-refractivity contribution in [2.45, 2.75) is 84.3 Å². The fourth-order valence-electron chi connectivity index (χ4n) is 2.76. The third kappa shape index (κ3) is 8.93. The van der Waals surface area contributed by atoms with Crippen molar-refractivity contribution in [2.24, 2.45) is 0 Å². The van der Waals surface area contributed by atoms with Crippen molar-refractivity contribution in [1.29, 1.82) is 0 Å². The van der Waals surface area contributed by atoms with E-state index in [0.29, 0.717) is 36.1 Å². The number of carbonyl (C=O) groups excluding carboxylic acids is 1. The third-order valence-electron chi connectivity index (χ3n) is 5.07. The highest BCUT2D eigenvalue weighted by atomic mass is 35.5. The van der Waals surface area contributed by atoms with E-state index in [9.17, 15) is 4.79 Å². The number of anilines is 1. The molecule has 0 aliphatic rings. The van der Waals surface area contributed by atoms with Gasteiger partial charge < -0.3 is 19.5 Å². The molecule has 0 saturated heterocycles. The summed E-state index contributed by atoms with van der Waals surface area (Å²) in [4.78, 5) is 12.9. The van der Waals surface area contributed by atoms with Crippen LogP contribution in [0.2, 0.25) is 5.02 Å². The van der Waals surface area contributed by atoms with Gasteiger partial charge in [0.2, 0.25) is 0 Å². The maximum absolute atomic E-state index is 12.9. The highest BCUT2D eigenvalue weighted by molar-refractivity contribution is 6.32. The molecular formula is C23H38ClNO4. The van der Waals surface area contributed by atoms with E-state index in [1.807, 2.05) is 27.7 Å². The Labute approximate surface area is 181 Å². The van der Waals surface area contributed by atoms with Gasteiger partial charge in [-0.3, -0.25) is 4.79 Å². The van der Waals surface area contributed by atoms with Crippen molar-refractivity contribution < 1.29 is 19.0 Å². The topological polar surface area (TPSA) is 56.8 Å². The maximum atomic E-state index is 12.9. The van der Waals surface area contributed by atoms with E-state index in [1.165, 1.54) is 0 Å². The van der Waals surface area contributed by atoms with Crippen molar-refractivity contribution >= 4 is 23.2 Å². The van der Waals surface area contributed by atoms with Crippen LogP contribution in [0.15, 0.2) is 18.2 Å². The number of unbranched alkanes of at least 4 members (excludes halogenated alkanes) is 2. The Kier molecular flexibility index (Phi) is 11.0. The van der Waals surface area contributed by atoms with Crippen LogP contribution in [0.1, 0.15) is 73.1 Å². The number of ether oxygens (including phenoxy) is 3. The number of hydrogen-bond acceptors (Lipinski definition) is 4. The number of carbonyl (C=O) groups is 1. The number of benzene rings is 1. The molecule has 0 fully saturated rings. The Morgan fingerprint density at radius 1 is 1.07 bits per heavy atom. The predicted octanol–water partition coefficient (Wildman–Crippen LogP) is 6.24. The summed E-state index contributed by atoms with van der Waals surface area (Å²) < 4.78 is 17.1. The van der Waals surface area contributed by atoms with Gasteiger partial charge in [-0.25, -0.2) is 0 Å². The first kappa shape index (κ1) is 25.7. The summed E-state index contributed by atoms with van der Waals surface area (Å²) in [7, 11) is 1.69. The number of halogens is 1. The Hall–Kier alpha value is -1.30. The summed E-state index contributed by atoms with van der Waals surface area (Å²) in [6.07, 6.45) is 5.43. The molecule has 1 aromatic rings. The quantitative estimate of drug-likeness (QED) is 0.357. The fourth-order valence-corrected chi connectivity index (χ4v) is 2.99. The molecule has 0 saturated carbocycles. The summed E-state index contributed by atoms with van der Waals surface area (Å²) in [5.41, 5.74) is -0.467. The minimum absolute atomic E-state index is 0.145. The van der Waals surface area contributed by atoms with Gasteiger partial charge in [-0.15, -0.1) is 0 Å². The number of methoxy groups -OCH3 is 1. The molecule has 1 rings (SSSR count). The average molecular weight is 428 g/mol. The van der Waals surface area contributed by atoms with Crippen molar-refractivity contribution in [3.63, 3.8) is 0 Å². The molecule has 0 aliphatic heterocycles. The first-order chi connectivity index (χ1) is 13.7. The van der Waals surface area contributed by atoms with Gasteiger partial charge in [0.1, 0.15) is 11.4 Å². The predicted molar refractivity (Wildman–Crippen MR) is 120 cm³/mol. The van der Waals surface area contributed by atoms with Gasteiger partial charge in [0.25, 0.3) is 5.91 Å². The van der Waals surface area contributed by atoms with E-state index >= 15 is 0 Å². The summed E-state index contributed by atoms with van der Waals surface area (Å²) in [5.74, 6) is 0.443. The minimum Gasteiger partial charge on any atom is -0.492 e. The standard InChI is InChI=1S/C23H38ClNO4/c1-7-9-10-13-23(5,29-15-8-2)21(26)25-18-11-12-20(19(24)17-18)28-16-14-22(3,4)27-6/h11-12,17H,7-10,13-16H2,1-6H3,(H,25,26)/t23-/m1/s1. The summed E-state index contributed by atoms with van der Waals surface area (Å²) >= 11 is 6.36. The molecule has 0 heterocycles. The van der Waals surface area contributed by atoms with E-state index in [4.69, 9.17) is 25.8 Å². The van der Waals surface area contributed by atoms with Crippen LogP contribution in [0.5, 0.6) is 5.75 Å². The molecule has 1 amide bonds. The molecular weight excluding hydrogens is 390 g/mol. The molecule has 1 atom stereocenters. The van der Waals surface area contributed by atoms with Crippen molar-refractivity contribution in [2.75, 3.05) is 25.6 Å². The monoisotopic (exact) mass is 427 g/mol. The number of nitrogens with one attached hydrogen (secondary N) is 1. The second-order valence-electron chi connectivity index (χ2n) is 8.20. The largest absolute Gasteiger partial charge is 0.492 e. The molecule has 6 heteroatoms. The van der Waals surface area contributed by atoms with Gasteiger partial charge in [-0.1, -0.05) is 44.7 Å². The lowest BCUT2D eigenvalue weighted by molar-refractivity contribution is -0.140. The summed E-state index contributed by atoms with van der Waals surface area (Å²) in [6.45, 7) is 11.1. The third-order valence-corrected chi connectivity index (χ3v) is 5.36. The molecule has 0 radical (unpaired) electrons. The second kappa shape index (κ2) is 12.4. The first-order valence-electron chi connectivity index (χ1n) is 10.6. The molecule has 0 aliphatic carbocycles. The van der Waals surface area contributed by atoms with Gasteiger partial charge in [0, 0.05) is 25.8 Å². The number of rotatable bonds is 14. The Bertz CT molecular complexity index is 635. The minimum atomic E-state index is -0.849. The maximum Gasteiger partial charge on any atom is 0.256 e. The van der Waals surface area contributed by atoms with Gasteiger partial charge in [-0.05, 0) is 51.8 Å². The molecule has 0 spiro atoms. The second-order valence-corrected chi connectivity index (χ2v) is 8.61. The smallest absolute Gasteiger partial charge is 0.256 e. The molecule has 1 aromatic carbocycles. The molecule has 0 unspecified atom stereocenters. The van der Waals surface area contributed by atoms with Crippen molar-refractivity contribution in [1.82, 2.24) is 0 Å². The molecule has 1 N–H and O–H groups in total. The lowest BCUT2D eigenvalue weighted by atomic mass is 9.96. The van der Waals surface area contributed by atoms with Crippen LogP contribution < -0.4 is 10.1 Å². The van der Waals surface area contributed by atoms with E-state index in [2.05, 4.69) is 12.2 Å². The Balaban J connectivity index is 2.74. The summed E-state index contributed by atoms with van der Waals surface area (Å²) in [6, 6.07) is 5.29. The zero-order chi connectivity index (χ0) is 21.9. The van der Waals surface area contributed by atoms with Crippen LogP contribution in [-0.4, -0.2) is 37.4 Å². The zero-order valence-electron chi connectivity index (χ0n) is 18.9. The van der Waals surface area contributed by atoms with Crippen LogP contribution in [-0.2, 0) is 14.3 Å². The number of amides is 1. The highest BCUT2D eigenvalue weighted by Crippen LogP contribution is 2.30. The highest BCUT2D eigenvalue weighted by Gasteiger charge is 2.33. The van der Waals surface area contributed by atoms with Crippen LogP contribution in [0.3, 0.4) is 0 Å². The normalized spacial score (nSPS) is 13.8. The van der Waals surface area contributed by atoms with E-state index in [1.54, 1.807) is 25.3 Å². The van der Waals surface area contributed by atoms with E-state index < -0.39 is 5.60 Å². The van der Waals surface area contributed by atoms with Crippen LogP contribution >= 0.6 is 11.6 Å². The Morgan fingerprint density at radius 2 is 1.79 bits per heavy atom. The van der Waals surface area contributed by atoms with Crippen LogP contribution in [0.25, 0.3) is 0 Å². The van der Waals surface area contributed by atoms with Gasteiger partial charge >= 0.3 is 0 Å². The SMILES string of the molecule is CCCCC[C@@](C)(OCCC)C(=O)Nc1ccc(OCCC(C)(C)OC)c(Cl)c1. The van der Waals surface area contributed by atoms with E-state index in [0.717, 1.165) is 32.1 Å². The van der Waals surface area contributed by atoms with Crippen molar-refractivity contribution in [3.05, 3.63) is 23.2 Å². The average Bonchev–Trinajstić information content (AvgIpc) is 2.68. The molecule has 29 heavy (non-hydrogen) atoms. The van der Waals surface area contributed by atoms with Gasteiger partial charge in [0.15, 0.2) is 0 Å². The lowest BCUT2D eigenvalue weighted by Gasteiger charge is -2.29. The molecule has 0 aromatic heterocycles. The number of hydrogen-bond donors (Lipinski definition) is 1. The zero-order valence-corrected chi connectivity index (χ0v) is 19.7. The molecule has 5 nitrogen and oxygen atoms in total. The fraction of sp³-hybridized carbons (Fsp3) is 0.696. The van der Waals surface area contributed by atoms with Crippen LogP contribution in [0.4, 0.5) is 5.69 Å². The first-order valence-corrected chi connectivity index (χ1v) is 11.0. The summed E-state index contributed by atoms with van der Waals surface area (Å²) in [5, 5.41) is 3.41. The van der Waals surface area contributed by atoms with Crippen LogP contribution in [0, 0.1) is 0 Å². The molecule has 0 bridgehead atoms. The Morgan fingerprint density at radius 3 is 2.38 bits per heavy atom. The van der Waals surface area contributed by atoms with E-state index in [-0.39, 0.29) is 11.5 Å².